The topological polar surface area (TPSA) is 111 Å². The highest BCUT2D eigenvalue weighted by Gasteiger charge is 2.15. The van der Waals surface area contributed by atoms with Crippen LogP contribution in [0.4, 0.5) is 22.1 Å². The molecule has 0 aliphatic heterocycles. The number of aromatic nitrogens is 4. The minimum Gasteiger partial charge on any atom is -0.363 e. The number of carbonyl (C=O) groups is 1. The molecule has 0 spiro atoms. The molecule has 9 heteroatoms. The Bertz CT molecular complexity index is 1210. The number of H-pyrrole nitrogens is 1. The van der Waals surface area contributed by atoms with Crippen molar-refractivity contribution in [3.05, 3.63) is 72.1 Å². The van der Waals surface area contributed by atoms with Crippen molar-refractivity contribution in [2.75, 3.05) is 24.7 Å². The van der Waals surface area contributed by atoms with Crippen molar-refractivity contribution in [3.8, 4) is 0 Å². The largest absolute Gasteiger partial charge is 0.363 e. The minimum absolute atomic E-state index is 0.0562. The molecule has 0 radical (unpaired) electrons. The van der Waals surface area contributed by atoms with Crippen LogP contribution >= 0.6 is 0 Å². The normalized spacial score (nSPS) is 11.7. The fourth-order valence-corrected chi connectivity index (χ4v) is 3.33. The molecular weight excluding hydrogens is 404 g/mol. The predicted molar refractivity (Wildman–Crippen MR) is 126 cm³/mol. The van der Waals surface area contributed by atoms with Crippen LogP contribution in [-0.2, 0) is 6.54 Å². The number of nitrogens with zero attached hydrogens (tertiary/aromatic N) is 4. The molecular formula is C23H26N8O. The Kier molecular flexibility index (Phi) is 6.16. The van der Waals surface area contributed by atoms with E-state index in [0.29, 0.717) is 23.8 Å². The summed E-state index contributed by atoms with van der Waals surface area (Å²) in [5, 5.41) is 17.8. The van der Waals surface area contributed by atoms with E-state index in [-0.39, 0.29) is 12.1 Å². The minimum atomic E-state index is -0.136. The Labute approximate surface area is 186 Å². The number of urea groups is 1. The van der Waals surface area contributed by atoms with Crippen molar-refractivity contribution in [3.63, 3.8) is 0 Å². The van der Waals surface area contributed by atoms with Gasteiger partial charge in [-0.05, 0) is 30.2 Å². The lowest BCUT2D eigenvalue weighted by Crippen LogP contribution is -2.33. The van der Waals surface area contributed by atoms with Crippen LogP contribution in [0.1, 0.15) is 24.1 Å². The highest BCUT2D eigenvalue weighted by atomic mass is 16.2. The Morgan fingerprint density at radius 2 is 1.91 bits per heavy atom. The highest BCUT2D eigenvalue weighted by Crippen LogP contribution is 2.30. The fraction of sp³-hybridized carbons (Fsp3) is 0.217. The summed E-state index contributed by atoms with van der Waals surface area (Å²) in [5.74, 6) is 1.38. The van der Waals surface area contributed by atoms with Crippen molar-refractivity contribution < 1.29 is 4.79 Å². The SMILES string of the molecule is CC(Nc1ncnc2n[nH]c(Nc3cccc(CNC(=O)N(C)C)c3)c12)c1ccccc1. The Balaban J connectivity index is 1.55. The maximum absolute atomic E-state index is 11.8. The molecule has 2 aromatic heterocycles. The van der Waals surface area contributed by atoms with Crippen LogP contribution in [0.15, 0.2) is 60.9 Å². The van der Waals surface area contributed by atoms with Gasteiger partial charge in [-0.2, -0.15) is 5.10 Å². The van der Waals surface area contributed by atoms with Gasteiger partial charge in [0.15, 0.2) is 5.65 Å². The summed E-state index contributed by atoms with van der Waals surface area (Å²) in [7, 11) is 3.42. The van der Waals surface area contributed by atoms with Crippen LogP contribution in [0.2, 0.25) is 0 Å². The molecule has 2 heterocycles. The van der Waals surface area contributed by atoms with Gasteiger partial charge in [0.25, 0.3) is 0 Å². The van der Waals surface area contributed by atoms with Gasteiger partial charge in [-0.1, -0.05) is 42.5 Å². The third-order valence-corrected chi connectivity index (χ3v) is 5.05. The summed E-state index contributed by atoms with van der Waals surface area (Å²) in [6.45, 7) is 2.52. The number of amides is 2. The molecule has 4 aromatic rings. The van der Waals surface area contributed by atoms with Crippen molar-refractivity contribution in [2.24, 2.45) is 0 Å². The second-order valence-corrected chi connectivity index (χ2v) is 7.67. The molecule has 0 saturated heterocycles. The summed E-state index contributed by atoms with van der Waals surface area (Å²) in [6, 6.07) is 17.9. The lowest BCUT2D eigenvalue weighted by atomic mass is 10.1. The molecule has 32 heavy (non-hydrogen) atoms. The van der Waals surface area contributed by atoms with E-state index in [4.69, 9.17) is 0 Å². The van der Waals surface area contributed by atoms with Gasteiger partial charge in [-0.15, -0.1) is 0 Å². The number of rotatable bonds is 7. The molecule has 4 rings (SSSR count). The van der Waals surface area contributed by atoms with Crippen LogP contribution < -0.4 is 16.0 Å². The van der Waals surface area contributed by atoms with E-state index in [9.17, 15) is 4.79 Å². The van der Waals surface area contributed by atoms with Gasteiger partial charge in [0, 0.05) is 32.4 Å². The molecule has 4 N–H and O–H groups in total. The lowest BCUT2D eigenvalue weighted by molar-refractivity contribution is 0.217. The molecule has 1 atom stereocenters. The first kappa shape index (κ1) is 21.1. The highest BCUT2D eigenvalue weighted by molar-refractivity contribution is 5.97. The quantitative estimate of drug-likeness (QED) is 0.352. The van der Waals surface area contributed by atoms with Crippen LogP contribution in [0.25, 0.3) is 11.0 Å². The predicted octanol–water partition coefficient (Wildman–Crippen LogP) is 4.04. The van der Waals surface area contributed by atoms with E-state index in [2.05, 4.69) is 55.2 Å². The third-order valence-electron chi connectivity index (χ3n) is 5.05. The van der Waals surface area contributed by atoms with Crippen molar-refractivity contribution in [2.45, 2.75) is 19.5 Å². The first-order chi connectivity index (χ1) is 15.5. The maximum Gasteiger partial charge on any atom is 0.317 e. The van der Waals surface area contributed by atoms with E-state index in [1.807, 2.05) is 42.5 Å². The smallest absolute Gasteiger partial charge is 0.317 e. The van der Waals surface area contributed by atoms with Gasteiger partial charge in [0.1, 0.15) is 23.3 Å². The molecule has 0 aliphatic rings. The van der Waals surface area contributed by atoms with E-state index >= 15 is 0 Å². The number of fused-ring (bicyclic) bond motifs is 1. The molecule has 0 fully saturated rings. The van der Waals surface area contributed by atoms with Gasteiger partial charge < -0.3 is 20.9 Å². The summed E-state index contributed by atoms with van der Waals surface area (Å²) in [6.07, 6.45) is 1.50. The first-order valence-electron chi connectivity index (χ1n) is 10.3. The summed E-state index contributed by atoms with van der Waals surface area (Å²) < 4.78 is 0. The van der Waals surface area contributed by atoms with E-state index in [0.717, 1.165) is 22.2 Å². The summed E-state index contributed by atoms with van der Waals surface area (Å²) >= 11 is 0. The molecule has 0 saturated carbocycles. The number of hydrogen-bond acceptors (Lipinski definition) is 6. The molecule has 164 valence electrons. The van der Waals surface area contributed by atoms with Gasteiger partial charge in [0.05, 0.1) is 0 Å². The average molecular weight is 431 g/mol. The zero-order chi connectivity index (χ0) is 22.5. The van der Waals surface area contributed by atoms with Crippen LogP contribution in [-0.4, -0.2) is 45.2 Å². The Morgan fingerprint density at radius 3 is 2.69 bits per heavy atom. The van der Waals surface area contributed by atoms with Crippen LogP contribution in [0.5, 0.6) is 0 Å². The number of aromatic amines is 1. The molecule has 1 unspecified atom stereocenters. The summed E-state index contributed by atoms with van der Waals surface area (Å²) in [5.41, 5.74) is 3.56. The van der Waals surface area contributed by atoms with Gasteiger partial charge in [-0.25, -0.2) is 14.8 Å². The van der Waals surface area contributed by atoms with Crippen LogP contribution in [0, 0.1) is 0 Å². The molecule has 9 nitrogen and oxygen atoms in total. The van der Waals surface area contributed by atoms with Gasteiger partial charge in [0.2, 0.25) is 0 Å². The van der Waals surface area contributed by atoms with Crippen molar-refractivity contribution >= 4 is 34.4 Å². The van der Waals surface area contributed by atoms with Crippen molar-refractivity contribution in [1.82, 2.24) is 30.4 Å². The van der Waals surface area contributed by atoms with E-state index in [1.165, 1.54) is 11.2 Å². The second-order valence-electron chi connectivity index (χ2n) is 7.67. The number of benzene rings is 2. The monoisotopic (exact) mass is 430 g/mol. The van der Waals surface area contributed by atoms with Gasteiger partial charge in [-0.3, -0.25) is 5.10 Å². The third kappa shape index (κ3) is 4.77. The van der Waals surface area contributed by atoms with Gasteiger partial charge >= 0.3 is 6.03 Å². The lowest BCUT2D eigenvalue weighted by Gasteiger charge is -2.16. The number of carbonyl (C=O) groups excluding carboxylic acids is 1. The molecule has 2 amide bonds. The number of anilines is 3. The van der Waals surface area contributed by atoms with Crippen molar-refractivity contribution in [1.29, 1.82) is 0 Å². The average Bonchev–Trinajstić information content (AvgIpc) is 3.22. The van der Waals surface area contributed by atoms with Crippen LogP contribution in [0.3, 0.4) is 0 Å². The Morgan fingerprint density at radius 1 is 1.09 bits per heavy atom. The zero-order valence-electron chi connectivity index (χ0n) is 18.3. The molecule has 0 aliphatic carbocycles. The number of nitrogens with one attached hydrogen (secondary N) is 4. The van der Waals surface area contributed by atoms with E-state index in [1.54, 1.807) is 14.1 Å². The maximum atomic E-state index is 11.8. The Hall–Kier alpha value is -4.14. The number of hydrogen-bond donors (Lipinski definition) is 4. The standard InChI is InChI=1S/C23H26N8O/c1-15(17-9-5-4-6-10-17)27-20-19-21(26-14-25-20)29-30-22(19)28-18-11-7-8-16(12-18)13-24-23(32)31(2)3/h4-12,14-15H,13H2,1-3H3,(H,24,32)(H3,25,26,27,28,29,30). The fourth-order valence-electron chi connectivity index (χ4n) is 3.33. The zero-order valence-corrected chi connectivity index (χ0v) is 18.3. The second kappa shape index (κ2) is 9.34. The first-order valence-corrected chi connectivity index (χ1v) is 10.3. The molecule has 0 bridgehead atoms. The molecule has 2 aromatic carbocycles. The summed E-state index contributed by atoms with van der Waals surface area (Å²) in [4.78, 5) is 22.0. The van der Waals surface area contributed by atoms with E-state index < -0.39 is 0 Å².